The van der Waals surface area contributed by atoms with Crippen LogP contribution < -0.4 is 0 Å². The molecule has 0 unspecified atom stereocenters. The topological polar surface area (TPSA) is 29.5 Å². The van der Waals surface area contributed by atoms with E-state index in [2.05, 4.69) is 0 Å². The number of carbonyl (C=O) groups excluding carboxylic acids is 1. The van der Waals surface area contributed by atoms with Crippen molar-refractivity contribution >= 4 is 34.2 Å². The number of likely N-dealkylation sites (N-methyl/N-ethyl adjacent to an activating group) is 1. The lowest BCUT2D eigenvalue weighted by Gasteiger charge is -2.03. The summed E-state index contributed by atoms with van der Waals surface area (Å²) < 4.78 is 5.57. The zero-order valence-electron chi connectivity index (χ0n) is 6.86. The summed E-state index contributed by atoms with van der Waals surface area (Å²) in [5.74, 6) is -0.0848. The maximum Gasteiger partial charge on any atom is 0.269 e. The van der Waals surface area contributed by atoms with Gasteiger partial charge in [-0.1, -0.05) is 24.0 Å². The minimum Gasteiger partial charge on any atom is -0.500 e. The van der Waals surface area contributed by atoms with Crippen LogP contribution in [0.3, 0.4) is 0 Å². The Morgan fingerprint density at radius 2 is 2.42 bits per heavy atom. The van der Waals surface area contributed by atoms with Crippen molar-refractivity contribution in [3.05, 3.63) is 11.2 Å². The van der Waals surface area contributed by atoms with Gasteiger partial charge in [-0.2, -0.15) is 0 Å². The summed E-state index contributed by atoms with van der Waals surface area (Å²) in [6.45, 7) is 2.43. The van der Waals surface area contributed by atoms with Crippen LogP contribution in [-0.4, -0.2) is 28.8 Å². The molecule has 66 valence electrons. The van der Waals surface area contributed by atoms with E-state index in [0.29, 0.717) is 15.8 Å². The maximum absolute atomic E-state index is 11.3. The molecule has 0 saturated carbocycles. The molecule has 0 bridgehead atoms. The average molecular weight is 203 g/mol. The summed E-state index contributed by atoms with van der Waals surface area (Å²) >= 11 is 6.18. The summed E-state index contributed by atoms with van der Waals surface area (Å²) in [4.78, 5) is 13.3. The Morgan fingerprint density at radius 1 is 1.75 bits per heavy atom. The highest BCUT2D eigenvalue weighted by atomic mass is 32.2. The Kier molecular flexibility index (Phi) is 3.11. The van der Waals surface area contributed by atoms with Gasteiger partial charge < -0.3 is 4.74 Å². The molecule has 1 aliphatic heterocycles. The van der Waals surface area contributed by atoms with Crippen molar-refractivity contribution in [2.45, 2.75) is 6.92 Å². The maximum atomic E-state index is 11.3. The second-order valence-electron chi connectivity index (χ2n) is 2.17. The summed E-state index contributed by atoms with van der Waals surface area (Å²) in [5, 5.41) is 0. The van der Waals surface area contributed by atoms with E-state index in [1.54, 1.807) is 7.05 Å². The fourth-order valence-electron chi connectivity index (χ4n) is 0.688. The number of nitrogens with zero attached hydrogens (tertiary/aromatic N) is 1. The number of hydrogen-bond donors (Lipinski definition) is 0. The molecule has 1 aliphatic rings. The first-order valence-electron chi connectivity index (χ1n) is 3.48. The monoisotopic (exact) mass is 203 g/mol. The lowest BCUT2D eigenvalue weighted by atomic mass is 10.5. The quantitative estimate of drug-likeness (QED) is 0.385. The van der Waals surface area contributed by atoms with Crippen LogP contribution in [0.5, 0.6) is 0 Å². The van der Waals surface area contributed by atoms with Gasteiger partial charge in [-0.3, -0.25) is 9.69 Å². The highest BCUT2D eigenvalue weighted by molar-refractivity contribution is 8.26. The van der Waals surface area contributed by atoms with E-state index in [4.69, 9.17) is 17.0 Å². The van der Waals surface area contributed by atoms with E-state index in [9.17, 15) is 4.79 Å². The smallest absolute Gasteiger partial charge is 0.269 e. The molecule has 12 heavy (non-hydrogen) atoms. The van der Waals surface area contributed by atoms with Crippen molar-refractivity contribution in [3.8, 4) is 0 Å². The van der Waals surface area contributed by atoms with Crippen LogP contribution in [-0.2, 0) is 9.53 Å². The van der Waals surface area contributed by atoms with E-state index in [0.717, 1.165) is 0 Å². The number of thioether (sulfide) groups is 1. The predicted molar refractivity (Wildman–Crippen MR) is 52.7 cm³/mol. The third-order valence-electron chi connectivity index (χ3n) is 1.34. The van der Waals surface area contributed by atoms with Gasteiger partial charge in [0.15, 0.2) is 0 Å². The lowest BCUT2D eigenvalue weighted by molar-refractivity contribution is -0.121. The first kappa shape index (κ1) is 9.54. The van der Waals surface area contributed by atoms with Gasteiger partial charge in [-0.15, -0.1) is 0 Å². The molecule has 0 spiro atoms. The highest BCUT2D eigenvalue weighted by Gasteiger charge is 2.28. The fraction of sp³-hybridized carbons (Fsp3) is 0.429. The first-order valence-corrected chi connectivity index (χ1v) is 4.71. The minimum absolute atomic E-state index is 0.0848. The minimum atomic E-state index is -0.0848. The molecule has 0 aromatic rings. The Balaban J connectivity index is 2.71. The van der Waals surface area contributed by atoms with Crippen LogP contribution in [0.2, 0.25) is 0 Å². The summed E-state index contributed by atoms with van der Waals surface area (Å²) in [6, 6.07) is 0. The van der Waals surface area contributed by atoms with Crippen LogP contribution >= 0.6 is 24.0 Å². The molecule has 0 aromatic carbocycles. The highest BCUT2D eigenvalue weighted by Crippen LogP contribution is 2.29. The lowest BCUT2D eigenvalue weighted by Crippen LogP contribution is -2.22. The molecule has 1 amide bonds. The molecule has 1 heterocycles. The fourth-order valence-corrected chi connectivity index (χ4v) is 1.79. The van der Waals surface area contributed by atoms with Gasteiger partial charge in [0.05, 0.1) is 6.61 Å². The zero-order chi connectivity index (χ0) is 9.14. The molecule has 0 radical (unpaired) electrons. The van der Waals surface area contributed by atoms with Gasteiger partial charge in [0, 0.05) is 7.05 Å². The molecule has 0 aromatic heterocycles. The van der Waals surface area contributed by atoms with Gasteiger partial charge in [-0.05, 0) is 6.92 Å². The molecule has 3 nitrogen and oxygen atoms in total. The van der Waals surface area contributed by atoms with E-state index in [-0.39, 0.29) is 5.91 Å². The predicted octanol–water partition coefficient (Wildman–Crippen LogP) is 1.35. The SMILES string of the molecule is CCO/C=C1\SC(=S)N(C)C1=O. The molecule has 5 heteroatoms. The molecule has 0 N–H and O–H groups in total. The normalized spacial score (nSPS) is 20.8. The number of thiocarbonyl (C=S) groups is 1. The van der Waals surface area contributed by atoms with Crippen molar-refractivity contribution in [1.29, 1.82) is 0 Å². The molecule has 0 aliphatic carbocycles. The van der Waals surface area contributed by atoms with Crippen molar-refractivity contribution in [2.75, 3.05) is 13.7 Å². The molecular formula is C7H9NO2S2. The van der Waals surface area contributed by atoms with E-state index in [1.165, 1.54) is 22.9 Å². The number of amides is 1. The van der Waals surface area contributed by atoms with Gasteiger partial charge in [-0.25, -0.2) is 0 Å². The van der Waals surface area contributed by atoms with Gasteiger partial charge in [0.2, 0.25) is 0 Å². The van der Waals surface area contributed by atoms with Crippen molar-refractivity contribution in [2.24, 2.45) is 0 Å². The van der Waals surface area contributed by atoms with Crippen molar-refractivity contribution in [3.63, 3.8) is 0 Å². The molecule has 1 fully saturated rings. The summed E-state index contributed by atoms with van der Waals surface area (Å²) in [7, 11) is 1.66. The molecular weight excluding hydrogens is 194 g/mol. The molecule has 1 rings (SSSR count). The van der Waals surface area contributed by atoms with E-state index >= 15 is 0 Å². The van der Waals surface area contributed by atoms with Crippen LogP contribution in [0.15, 0.2) is 11.2 Å². The zero-order valence-corrected chi connectivity index (χ0v) is 8.50. The first-order chi connectivity index (χ1) is 5.66. The van der Waals surface area contributed by atoms with Crippen LogP contribution in [0.1, 0.15) is 6.92 Å². The van der Waals surface area contributed by atoms with E-state index in [1.807, 2.05) is 6.92 Å². The standard InChI is InChI=1S/C7H9NO2S2/c1-3-10-4-5-6(9)8(2)7(11)12-5/h4H,3H2,1-2H3/b5-4-. The van der Waals surface area contributed by atoms with Crippen LogP contribution in [0.4, 0.5) is 0 Å². The van der Waals surface area contributed by atoms with Gasteiger partial charge in [0.25, 0.3) is 5.91 Å². The third-order valence-corrected chi connectivity index (χ3v) is 2.81. The summed E-state index contributed by atoms with van der Waals surface area (Å²) in [6.07, 6.45) is 1.46. The number of hydrogen-bond acceptors (Lipinski definition) is 4. The molecule has 0 atom stereocenters. The number of carbonyl (C=O) groups is 1. The van der Waals surface area contributed by atoms with Crippen molar-refractivity contribution in [1.82, 2.24) is 4.90 Å². The Bertz CT molecular complexity index is 250. The molecule has 1 saturated heterocycles. The van der Waals surface area contributed by atoms with Gasteiger partial charge in [0.1, 0.15) is 15.5 Å². The van der Waals surface area contributed by atoms with Gasteiger partial charge >= 0.3 is 0 Å². The van der Waals surface area contributed by atoms with Crippen LogP contribution in [0, 0.1) is 0 Å². The largest absolute Gasteiger partial charge is 0.500 e. The summed E-state index contributed by atoms with van der Waals surface area (Å²) in [5.41, 5.74) is 0. The average Bonchev–Trinajstić information content (AvgIpc) is 2.30. The Hall–Kier alpha value is -0.550. The third kappa shape index (κ3) is 1.78. The Morgan fingerprint density at radius 3 is 2.83 bits per heavy atom. The van der Waals surface area contributed by atoms with Crippen molar-refractivity contribution < 1.29 is 9.53 Å². The number of rotatable bonds is 2. The second kappa shape index (κ2) is 3.91. The number of ether oxygens (including phenoxy) is 1. The second-order valence-corrected chi connectivity index (χ2v) is 3.85. The van der Waals surface area contributed by atoms with E-state index < -0.39 is 0 Å². The van der Waals surface area contributed by atoms with Crippen LogP contribution in [0.25, 0.3) is 0 Å². The Labute approximate surface area is 80.8 Å².